The van der Waals surface area contributed by atoms with Gasteiger partial charge in [0.25, 0.3) is 0 Å². The molecule has 112 valence electrons. The van der Waals surface area contributed by atoms with Crippen molar-refractivity contribution in [3.63, 3.8) is 0 Å². The van der Waals surface area contributed by atoms with E-state index in [2.05, 4.69) is 13.2 Å². The third-order valence-corrected chi connectivity index (χ3v) is 1.92. The van der Waals surface area contributed by atoms with Crippen molar-refractivity contribution in [3.05, 3.63) is 24.3 Å². The molecule has 0 amide bonds. The zero-order valence-corrected chi connectivity index (χ0v) is 11.0. The van der Waals surface area contributed by atoms with Crippen molar-refractivity contribution in [1.82, 2.24) is 0 Å². The van der Waals surface area contributed by atoms with Gasteiger partial charge in [-0.1, -0.05) is 20.6 Å². The Balaban J connectivity index is -0.000000262. The number of hydrogen-bond donors (Lipinski definition) is 3. The lowest BCUT2D eigenvalue weighted by Crippen LogP contribution is -2.17. The van der Waals surface area contributed by atoms with E-state index in [1.807, 2.05) is 0 Å². The highest BCUT2D eigenvalue weighted by Crippen LogP contribution is 1.98. The maximum absolute atomic E-state index is 10.7. The minimum absolute atomic E-state index is 0. The van der Waals surface area contributed by atoms with Gasteiger partial charge >= 0.3 is 0 Å². The molecule has 3 N–H and O–H groups in total. The molecule has 1 unspecified atom stereocenters. The fraction of sp³-hybridized carbons (Fsp3) is 0.571. The van der Waals surface area contributed by atoms with Crippen molar-refractivity contribution < 1.29 is 24.9 Å². The Hall–Kier alpha value is -1.30. The molecular formula is C14H26O5. The zero-order chi connectivity index (χ0) is 14.7. The number of aliphatic hydroxyl groups is 3. The Morgan fingerprint density at radius 3 is 1.68 bits per heavy atom. The van der Waals surface area contributed by atoms with Crippen LogP contribution in [0.1, 0.15) is 34.1 Å². The summed E-state index contributed by atoms with van der Waals surface area (Å²) in [5, 5.41) is 25.3. The van der Waals surface area contributed by atoms with E-state index in [1.54, 1.807) is 13.8 Å². The Morgan fingerprint density at radius 2 is 1.47 bits per heavy atom. The van der Waals surface area contributed by atoms with Crippen molar-refractivity contribution in [2.24, 2.45) is 0 Å². The normalized spacial score (nSPS) is 10.4. The predicted molar refractivity (Wildman–Crippen MR) is 75.8 cm³/mol. The summed E-state index contributed by atoms with van der Waals surface area (Å²) in [5.41, 5.74) is 0.923. The second-order valence-corrected chi connectivity index (χ2v) is 3.92. The fourth-order valence-corrected chi connectivity index (χ4v) is 0.768. The largest absolute Gasteiger partial charge is 0.396 e. The maximum atomic E-state index is 10.7. The summed E-state index contributed by atoms with van der Waals surface area (Å²) in [6, 6.07) is 0. The molecule has 0 aromatic heterocycles. The van der Waals surface area contributed by atoms with E-state index in [0.717, 1.165) is 0 Å². The van der Waals surface area contributed by atoms with Gasteiger partial charge in [-0.05, 0) is 25.0 Å². The van der Waals surface area contributed by atoms with Crippen LogP contribution in [-0.2, 0) is 9.59 Å². The average molecular weight is 274 g/mol. The van der Waals surface area contributed by atoms with E-state index in [4.69, 9.17) is 15.3 Å². The number of hydrogen-bond acceptors (Lipinski definition) is 5. The molecule has 0 radical (unpaired) electrons. The van der Waals surface area contributed by atoms with Gasteiger partial charge in [-0.3, -0.25) is 9.59 Å². The lowest BCUT2D eigenvalue weighted by Gasteiger charge is -2.04. The molecule has 5 nitrogen and oxygen atoms in total. The van der Waals surface area contributed by atoms with Gasteiger partial charge < -0.3 is 15.3 Å². The summed E-state index contributed by atoms with van der Waals surface area (Å²) < 4.78 is 0. The third-order valence-electron chi connectivity index (χ3n) is 1.92. The quantitative estimate of drug-likeness (QED) is 0.603. The highest BCUT2D eigenvalue weighted by atomic mass is 16.3. The topological polar surface area (TPSA) is 94.8 Å². The van der Waals surface area contributed by atoms with Gasteiger partial charge in [-0.25, -0.2) is 0 Å². The van der Waals surface area contributed by atoms with Crippen LogP contribution in [0.3, 0.4) is 0 Å². The van der Waals surface area contributed by atoms with E-state index in [-0.39, 0.29) is 45.0 Å². The first-order valence-electron chi connectivity index (χ1n) is 5.53. The molecule has 0 fully saturated rings. The van der Waals surface area contributed by atoms with Crippen molar-refractivity contribution >= 4 is 11.6 Å². The number of aliphatic hydroxyl groups excluding tert-OH is 3. The molecule has 1 atom stereocenters. The Morgan fingerprint density at radius 1 is 1.05 bits per heavy atom. The third kappa shape index (κ3) is 14.6. The summed E-state index contributed by atoms with van der Waals surface area (Å²) in [6.07, 6.45) is -0.773. The number of ketones is 2. The van der Waals surface area contributed by atoms with Crippen LogP contribution in [-0.4, -0.2) is 46.2 Å². The van der Waals surface area contributed by atoms with E-state index in [1.165, 1.54) is 0 Å². The Labute approximate surface area is 115 Å². The first kappa shape index (κ1) is 22.8. The molecule has 0 heterocycles. The van der Waals surface area contributed by atoms with Gasteiger partial charge in [0.05, 0.1) is 19.3 Å². The molecule has 0 spiro atoms. The summed E-state index contributed by atoms with van der Waals surface area (Å²) in [4.78, 5) is 21.2. The predicted octanol–water partition coefficient (Wildman–Crippen LogP) is 1.02. The molecular weight excluding hydrogens is 248 g/mol. The van der Waals surface area contributed by atoms with Gasteiger partial charge in [0, 0.05) is 12.8 Å². The summed E-state index contributed by atoms with van der Waals surface area (Å²) in [7, 11) is 0. The van der Waals surface area contributed by atoms with Crippen molar-refractivity contribution in [2.45, 2.75) is 40.2 Å². The first-order valence-corrected chi connectivity index (χ1v) is 5.53. The van der Waals surface area contributed by atoms with Gasteiger partial charge in [0.1, 0.15) is 0 Å². The number of Topliss-reactive ketones (excluding diaryl/α,β-unsaturated/α-hetero) is 2. The number of carbonyl (C=O) groups is 2. The van der Waals surface area contributed by atoms with Crippen LogP contribution in [0, 0.1) is 0 Å². The van der Waals surface area contributed by atoms with Crippen LogP contribution in [0.5, 0.6) is 0 Å². The van der Waals surface area contributed by atoms with Crippen LogP contribution in [0.25, 0.3) is 0 Å². The maximum Gasteiger partial charge on any atom is 0.160 e. The second-order valence-electron chi connectivity index (χ2n) is 3.92. The molecule has 19 heavy (non-hydrogen) atoms. The summed E-state index contributed by atoms with van der Waals surface area (Å²) in [5.74, 6) is -0.269. The molecule has 0 aliphatic carbocycles. The minimum Gasteiger partial charge on any atom is -0.396 e. The van der Waals surface area contributed by atoms with Crippen LogP contribution >= 0.6 is 0 Å². The molecule has 0 aliphatic heterocycles. The lowest BCUT2D eigenvalue weighted by atomic mass is 10.1. The molecule has 0 aromatic carbocycles. The molecule has 5 heteroatoms. The lowest BCUT2D eigenvalue weighted by molar-refractivity contribution is -0.118. The standard InChI is InChI=1S/C7H12O3.C6H10O2.CH4/c1-5(2)7(10)3-6(9)4-8;1-5(2)6(8)3-4-7;/h6,8-9H,1,3-4H2,2H3;7H,1,3-4H2,2H3;1H4. The number of carbonyl (C=O) groups excluding carboxylic acids is 2. The van der Waals surface area contributed by atoms with Gasteiger partial charge in [-0.15, -0.1) is 0 Å². The van der Waals surface area contributed by atoms with E-state index in [0.29, 0.717) is 11.1 Å². The SMILES string of the molecule is C.C=C(C)C(=O)CC(O)CO.C=C(C)C(=O)CCO. The van der Waals surface area contributed by atoms with E-state index < -0.39 is 6.10 Å². The van der Waals surface area contributed by atoms with E-state index >= 15 is 0 Å². The second kappa shape index (κ2) is 13.1. The highest BCUT2D eigenvalue weighted by Gasteiger charge is 2.09. The Bertz CT molecular complexity index is 307. The van der Waals surface area contributed by atoms with Gasteiger partial charge in [0.15, 0.2) is 11.6 Å². The van der Waals surface area contributed by atoms with Crippen LogP contribution in [0.15, 0.2) is 24.3 Å². The van der Waals surface area contributed by atoms with Crippen molar-refractivity contribution in [3.8, 4) is 0 Å². The van der Waals surface area contributed by atoms with Crippen LogP contribution in [0.4, 0.5) is 0 Å². The minimum atomic E-state index is -0.941. The molecule has 0 saturated carbocycles. The summed E-state index contributed by atoms with van der Waals surface area (Å²) in [6.45, 7) is 9.57. The van der Waals surface area contributed by atoms with Crippen LogP contribution < -0.4 is 0 Å². The van der Waals surface area contributed by atoms with Crippen molar-refractivity contribution in [2.75, 3.05) is 13.2 Å². The molecule has 0 bridgehead atoms. The smallest absolute Gasteiger partial charge is 0.160 e. The monoisotopic (exact) mass is 274 g/mol. The fourth-order valence-electron chi connectivity index (χ4n) is 0.768. The molecule has 0 aromatic rings. The van der Waals surface area contributed by atoms with Gasteiger partial charge in [-0.2, -0.15) is 0 Å². The average Bonchev–Trinajstić information content (AvgIpc) is 2.29. The number of rotatable bonds is 7. The zero-order valence-electron chi connectivity index (χ0n) is 11.0. The molecule has 0 aliphatic rings. The first-order chi connectivity index (χ1) is 8.26. The van der Waals surface area contributed by atoms with Crippen molar-refractivity contribution in [1.29, 1.82) is 0 Å². The van der Waals surface area contributed by atoms with Gasteiger partial charge in [0.2, 0.25) is 0 Å². The molecule has 0 saturated heterocycles. The van der Waals surface area contributed by atoms with Crippen LogP contribution in [0.2, 0.25) is 0 Å². The van der Waals surface area contributed by atoms with E-state index in [9.17, 15) is 9.59 Å². The Kier molecular flexibility index (Phi) is 15.8. The number of allylic oxidation sites excluding steroid dienone is 2. The highest BCUT2D eigenvalue weighted by molar-refractivity contribution is 5.94. The molecule has 0 rings (SSSR count). The summed E-state index contributed by atoms with van der Waals surface area (Å²) >= 11 is 0.